The summed E-state index contributed by atoms with van der Waals surface area (Å²) in [5.41, 5.74) is 3.21. The fraction of sp³-hybridized carbons (Fsp3) is 0.292. The van der Waals surface area contributed by atoms with Crippen molar-refractivity contribution < 1.29 is 14.1 Å². The van der Waals surface area contributed by atoms with Gasteiger partial charge in [0.05, 0.1) is 19.0 Å². The number of Topliss-reactive ketones (excluding diaryl/α,β-unsaturated/α-hetero) is 1. The quantitative estimate of drug-likeness (QED) is 0.349. The summed E-state index contributed by atoms with van der Waals surface area (Å²) in [6.07, 6.45) is 6.61. The molecule has 0 atom stereocenters. The van der Waals surface area contributed by atoms with Gasteiger partial charge in [0.15, 0.2) is 11.5 Å². The van der Waals surface area contributed by atoms with Gasteiger partial charge < -0.3 is 14.2 Å². The summed E-state index contributed by atoms with van der Waals surface area (Å²) >= 11 is 0. The first-order valence-electron chi connectivity index (χ1n) is 10.8. The molecule has 0 aliphatic rings. The van der Waals surface area contributed by atoms with E-state index in [4.69, 9.17) is 9.26 Å². The maximum Gasteiger partial charge on any atom is 0.297 e. The number of ketones is 1. The molecule has 0 radical (unpaired) electrons. The highest BCUT2D eigenvalue weighted by Gasteiger charge is 2.24. The molecule has 0 saturated heterocycles. The number of nitrogens with zero attached hydrogens (tertiary/aromatic N) is 6. The summed E-state index contributed by atoms with van der Waals surface area (Å²) in [5.74, 6) is -0.0581. The summed E-state index contributed by atoms with van der Waals surface area (Å²) < 4.78 is 13.5. The summed E-state index contributed by atoms with van der Waals surface area (Å²) in [5, 5.41) is 7.90. The smallest absolute Gasteiger partial charge is 0.297 e. The van der Waals surface area contributed by atoms with Crippen LogP contribution in [0.15, 0.2) is 58.4 Å². The Bertz CT molecular complexity index is 1360. The van der Waals surface area contributed by atoms with Crippen molar-refractivity contribution in [2.75, 3.05) is 18.6 Å². The molecule has 3 aromatic heterocycles. The van der Waals surface area contributed by atoms with Crippen LogP contribution in [0.5, 0.6) is 5.75 Å². The number of benzene rings is 1. The van der Waals surface area contributed by atoms with Crippen LogP contribution >= 0.6 is 0 Å². The predicted octanol–water partition coefficient (Wildman–Crippen LogP) is 2.63. The third-order valence-electron chi connectivity index (χ3n) is 5.41. The number of ether oxygens (including phenoxy) is 1. The largest absolute Gasteiger partial charge is 0.486 e. The van der Waals surface area contributed by atoms with Gasteiger partial charge in [-0.2, -0.15) is 5.10 Å². The highest BCUT2D eigenvalue weighted by molar-refractivity contribution is 5.98. The zero-order valence-corrected chi connectivity index (χ0v) is 19.6. The second-order valence-corrected chi connectivity index (χ2v) is 7.94. The summed E-state index contributed by atoms with van der Waals surface area (Å²) in [6, 6.07) is 7.97. The minimum atomic E-state index is -0.423. The fourth-order valence-corrected chi connectivity index (χ4v) is 3.78. The van der Waals surface area contributed by atoms with Crippen LogP contribution in [0.2, 0.25) is 0 Å². The molecule has 10 heteroatoms. The third-order valence-corrected chi connectivity index (χ3v) is 5.41. The zero-order chi connectivity index (χ0) is 24.2. The summed E-state index contributed by atoms with van der Waals surface area (Å²) in [7, 11) is 5.32. The summed E-state index contributed by atoms with van der Waals surface area (Å²) in [6.45, 7) is 2.44. The van der Waals surface area contributed by atoms with E-state index in [0.717, 1.165) is 16.7 Å². The van der Waals surface area contributed by atoms with Gasteiger partial charge in [0, 0.05) is 51.4 Å². The lowest BCUT2D eigenvalue weighted by molar-refractivity contribution is 0.0983. The van der Waals surface area contributed by atoms with Crippen molar-refractivity contribution in [2.24, 2.45) is 14.1 Å². The van der Waals surface area contributed by atoms with Crippen molar-refractivity contribution in [1.29, 1.82) is 0 Å². The molecule has 0 bridgehead atoms. The maximum atomic E-state index is 13.1. The van der Waals surface area contributed by atoms with Crippen LogP contribution in [0, 0.1) is 0 Å². The average Bonchev–Trinajstić information content (AvgIpc) is 3.49. The maximum absolute atomic E-state index is 13.1. The van der Waals surface area contributed by atoms with Gasteiger partial charge in [-0.1, -0.05) is 29.4 Å². The van der Waals surface area contributed by atoms with Gasteiger partial charge in [-0.05, 0) is 18.1 Å². The highest BCUT2D eigenvalue weighted by Crippen LogP contribution is 2.26. The van der Waals surface area contributed by atoms with Gasteiger partial charge in [-0.15, -0.1) is 0 Å². The van der Waals surface area contributed by atoms with E-state index < -0.39 is 5.56 Å². The SMILES string of the molecule is CCOc1c(C(=O)Cc2cnoc2)nc(N(C)Cc2ccccc2-c2cnn(C)c2)n(C)c1=O. The number of hydrogen-bond acceptors (Lipinski definition) is 8. The Kier molecular flexibility index (Phi) is 6.58. The Balaban J connectivity index is 1.71. The number of anilines is 1. The third kappa shape index (κ3) is 4.61. The van der Waals surface area contributed by atoms with E-state index in [0.29, 0.717) is 18.1 Å². The Labute approximate surface area is 196 Å². The topological polar surface area (TPSA) is 108 Å². The van der Waals surface area contributed by atoms with E-state index in [-0.39, 0.29) is 30.3 Å². The zero-order valence-electron chi connectivity index (χ0n) is 19.6. The molecule has 4 rings (SSSR count). The molecule has 4 aromatic rings. The molecule has 0 saturated carbocycles. The van der Waals surface area contributed by atoms with Crippen molar-refractivity contribution >= 4 is 11.7 Å². The number of aryl methyl sites for hydroxylation is 1. The van der Waals surface area contributed by atoms with Crippen LogP contribution in [-0.4, -0.2) is 43.9 Å². The molecule has 0 N–H and O–H groups in total. The second-order valence-electron chi connectivity index (χ2n) is 7.94. The Morgan fingerprint density at radius 1 is 1.21 bits per heavy atom. The molecule has 3 heterocycles. The van der Waals surface area contributed by atoms with E-state index >= 15 is 0 Å². The number of rotatable bonds is 9. The van der Waals surface area contributed by atoms with Gasteiger partial charge in [0.1, 0.15) is 6.26 Å². The molecule has 1 aromatic carbocycles. The van der Waals surface area contributed by atoms with Crippen LogP contribution < -0.4 is 15.2 Å². The van der Waals surface area contributed by atoms with Crippen LogP contribution in [0.25, 0.3) is 11.1 Å². The van der Waals surface area contributed by atoms with E-state index in [2.05, 4.69) is 15.2 Å². The van der Waals surface area contributed by atoms with E-state index in [1.54, 1.807) is 18.7 Å². The Morgan fingerprint density at radius 2 is 2.00 bits per heavy atom. The van der Waals surface area contributed by atoms with Crippen molar-refractivity contribution in [1.82, 2.24) is 24.5 Å². The monoisotopic (exact) mass is 462 g/mol. The molecule has 0 unspecified atom stereocenters. The first-order chi connectivity index (χ1) is 16.4. The van der Waals surface area contributed by atoms with Gasteiger partial charge in [-0.25, -0.2) is 4.98 Å². The standard InChI is InChI=1S/C24H26N6O4/c1-5-33-22-21(20(31)10-16-11-26-34-15-16)27-24(30(4)23(22)32)28(2)13-17-8-6-7-9-19(17)18-12-25-29(3)14-18/h6-9,11-12,14-15H,5,10,13H2,1-4H3. The van der Waals surface area contributed by atoms with Gasteiger partial charge >= 0.3 is 0 Å². The second kappa shape index (κ2) is 9.74. The number of carbonyl (C=O) groups is 1. The van der Waals surface area contributed by atoms with Crippen LogP contribution in [0.4, 0.5) is 5.95 Å². The van der Waals surface area contributed by atoms with Crippen molar-refractivity contribution in [3.05, 3.63) is 76.3 Å². The van der Waals surface area contributed by atoms with Crippen LogP contribution in [0.1, 0.15) is 28.5 Å². The molecule has 0 fully saturated rings. The molecule has 0 amide bonds. The summed E-state index contributed by atoms with van der Waals surface area (Å²) in [4.78, 5) is 32.6. The van der Waals surface area contributed by atoms with Crippen LogP contribution in [0.3, 0.4) is 0 Å². The van der Waals surface area contributed by atoms with Gasteiger partial charge in [0.25, 0.3) is 5.56 Å². The molecule has 0 aliphatic heterocycles. The minimum absolute atomic E-state index is 0.00324. The molecule has 176 valence electrons. The predicted molar refractivity (Wildman–Crippen MR) is 126 cm³/mol. The van der Waals surface area contributed by atoms with Crippen LogP contribution in [-0.2, 0) is 27.1 Å². The molecule has 0 aliphatic carbocycles. The number of aromatic nitrogens is 5. The number of hydrogen-bond donors (Lipinski definition) is 0. The minimum Gasteiger partial charge on any atom is -0.486 e. The van der Waals surface area contributed by atoms with Crippen molar-refractivity contribution in [2.45, 2.75) is 19.9 Å². The molecular weight excluding hydrogens is 436 g/mol. The molecule has 34 heavy (non-hydrogen) atoms. The van der Waals surface area contributed by atoms with Gasteiger partial charge in [-0.3, -0.25) is 18.8 Å². The lowest BCUT2D eigenvalue weighted by Crippen LogP contribution is -2.32. The molecular formula is C24H26N6O4. The van der Waals surface area contributed by atoms with Crippen molar-refractivity contribution in [3.8, 4) is 16.9 Å². The Hall–Kier alpha value is -4.21. The fourth-order valence-electron chi connectivity index (χ4n) is 3.78. The van der Waals surface area contributed by atoms with E-state index in [9.17, 15) is 9.59 Å². The Morgan fingerprint density at radius 3 is 2.68 bits per heavy atom. The average molecular weight is 463 g/mol. The lowest BCUT2D eigenvalue weighted by atomic mass is 10.0. The first-order valence-corrected chi connectivity index (χ1v) is 10.8. The van der Waals surface area contributed by atoms with E-state index in [1.165, 1.54) is 17.0 Å². The van der Waals surface area contributed by atoms with Crippen molar-refractivity contribution in [3.63, 3.8) is 0 Å². The molecule has 10 nitrogen and oxygen atoms in total. The number of carbonyl (C=O) groups excluding carboxylic acids is 1. The van der Waals surface area contributed by atoms with Gasteiger partial charge in [0.2, 0.25) is 11.7 Å². The van der Waals surface area contributed by atoms with E-state index in [1.807, 2.05) is 55.7 Å². The normalized spacial score (nSPS) is 10.9. The lowest BCUT2D eigenvalue weighted by Gasteiger charge is -2.23. The first kappa shape index (κ1) is 23.0. The molecule has 0 spiro atoms. The highest BCUT2D eigenvalue weighted by atomic mass is 16.5.